The maximum Gasteiger partial charge on any atom is 0.322 e. The van der Waals surface area contributed by atoms with Gasteiger partial charge in [-0.25, -0.2) is 0 Å². The molecule has 0 saturated heterocycles. The van der Waals surface area contributed by atoms with Gasteiger partial charge in [-0.3, -0.25) is 19.2 Å². The minimum absolute atomic E-state index is 0.116. The second kappa shape index (κ2) is 7.69. The first kappa shape index (κ1) is 19.6. The lowest BCUT2D eigenvalue weighted by Crippen LogP contribution is -2.21. The van der Waals surface area contributed by atoms with E-state index in [1.807, 2.05) is 0 Å². The standard InChI is InChI=1S/C19H16O8/c1-9-8-12(15(18(24)25)19(26)27)6-7-13(9)10-2-4-11(5-3-10)14(16(20)21)17(22)23/h2-8,14-15H,1H3,(H,20,21)(H,22,23)(H,24,25)(H,26,27). The summed E-state index contributed by atoms with van der Waals surface area (Å²) in [6.45, 7) is 1.69. The summed E-state index contributed by atoms with van der Waals surface area (Å²) in [4.78, 5) is 44.5. The van der Waals surface area contributed by atoms with E-state index in [4.69, 9.17) is 20.4 Å². The lowest BCUT2D eigenvalue weighted by Gasteiger charge is -2.13. The fourth-order valence-corrected chi connectivity index (χ4v) is 2.83. The van der Waals surface area contributed by atoms with Crippen molar-refractivity contribution >= 4 is 23.9 Å². The van der Waals surface area contributed by atoms with Crippen LogP contribution in [-0.2, 0) is 19.2 Å². The predicted molar refractivity (Wildman–Crippen MR) is 92.6 cm³/mol. The third-order valence-corrected chi connectivity index (χ3v) is 4.13. The highest BCUT2D eigenvalue weighted by Crippen LogP contribution is 2.29. The van der Waals surface area contributed by atoms with Crippen LogP contribution in [0.1, 0.15) is 28.5 Å². The number of hydrogen-bond acceptors (Lipinski definition) is 4. The fourth-order valence-electron chi connectivity index (χ4n) is 2.83. The molecule has 0 unspecified atom stereocenters. The minimum Gasteiger partial charge on any atom is -0.480 e. The molecule has 140 valence electrons. The topological polar surface area (TPSA) is 149 Å². The van der Waals surface area contributed by atoms with Crippen LogP contribution in [0.2, 0.25) is 0 Å². The van der Waals surface area contributed by atoms with Crippen molar-refractivity contribution < 1.29 is 39.6 Å². The zero-order valence-electron chi connectivity index (χ0n) is 14.1. The van der Waals surface area contributed by atoms with Gasteiger partial charge in [0.25, 0.3) is 0 Å². The van der Waals surface area contributed by atoms with Crippen molar-refractivity contribution in [3.8, 4) is 11.1 Å². The van der Waals surface area contributed by atoms with Crippen molar-refractivity contribution in [2.75, 3.05) is 0 Å². The van der Waals surface area contributed by atoms with Gasteiger partial charge < -0.3 is 20.4 Å². The largest absolute Gasteiger partial charge is 0.480 e. The van der Waals surface area contributed by atoms with Gasteiger partial charge in [0.2, 0.25) is 0 Å². The zero-order valence-corrected chi connectivity index (χ0v) is 14.1. The molecular formula is C19H16O8. The summed E-state index contributed by atoms with van der Waals surface area (Å²) in [5.74, 6) is -9.21. The first-order valence-corrected chi connectivity index (χ1v) is 7.75. The van der Waals surface area contributed by atoms with Gasteiger partial charge in [0.05, 0.1) is 0 Å². The van der Waals surface area contributed by atoms with Crippen molar-refractivity contribution in [3.63, 3.8) is 0 Å². The summed E-state index contributed by atoms with van der Waals surface area (Å²) in [5, 5.41) is 36.2. The first-order chi connectivity index (χ1) is 12.6. The molecule has 2 aromatic carbocycles. The number of aliphatic carboxylic acids is 4. The quantitative estimate of drug-likeness (QED) is 0.540. The molecule has 2 rings (SSSR count). The van der Waals surface area contributed by atoms with Crippen LogP contribution in [0.15, 0.2) is 42.5 Å². The van der Waals surface area contributed by atoms with Crippen LogP contribution in [0.5, 0.6) is 0 Å². The van der Waals surface area contributed by atoms with E-state index < -0.39 is 35.7 Å². The van der Waals surface area contributed by atoms with Gasteiger partial charge in [-0.15, -0.1) is 0 Å². The molecule has 0 aliphatic rings. The van der Waals surface area contributed by atoms with Gasteiger partial charge in [0.1, 0.15) is 0 Å². The first-order valence-electron chi connectivity index (χ1n) is 7.75. The van der Waals surface area contributed by atoms with E-state index in [1.54, 1.807) is 25.1 Å². The van der Waals surface area contributed by atoms with Crippen molar-refractivity contribution in [1.29, 1.82) is 0 Å². The van der Waals surface area contributed by atoms with Crippen molar-refractivity contribution in [1.82, 2.24) is 0 Å². The van der Waals surface area contributed by atoms with Crippen molar-refractivity contribution in [2.45, 2.75) is 18.8 Å². The molecule has 0 aromatic heterocycles. The van der Waals surface area contributed by atoms with E-state index in [-0.39, 0.29) is 11.1 Å². The van der Waals surface area contributed by atoms with Crippen LogP contribution in [-0.4, -0.2) is 44.3 Å². The molecule has 0 radical (unpaired) electrons. The molecule has 0 saturated carbocycles. The normalized spacial score (nSPS) is 10.8. The fraction of sp³-hybridized carbons (Fsp3) is 0.158. The molecule has 2 aromatic rings. The molecule has 8 nitrogen and oxygen atoms in total. The Labute approximate surface area is 153 Å². The molecule has 0 amide bonds. The van der Waals surface area contributed by atoms with E-state index in [1.165, 1.54) is 24.3 Å². The lowest BCUT2D eigenvalue weighted by molar-refractivity contribution is -0.152. The smallest absolute Gasteiger partial charge is 0.322 e. The number of hydrogen-bond donors (Lipinski definition) is 4. The Morgan fingerprint density at radius 3 is 1.48 bits per heavy atom. The van der Waals surface area contributed by atoms with Crippen LogP contribution < -0.4 is 0 Å². The molecular weight excluding hydrogens is 356 g/mol. The number of carboxylic acid groups (broad SMARTS) is 4. The van der Waals surface area contributed by atoms with Crippen LogP contribution in [0, 0.1) is 6.92 Å². The minimum atomic E-state index is -1.67. The van der Waals surface area contributed by atoms with Gasteiger partial charge in [0.15, 0.2) is 11.8 Å². The molecule has 8 heteroatoms. The average molecular weight is 372 g/mol. The third-order valence-electron chi connectivity index (χ3n) is 4.13. The predicted octanol–water partition coefficient (Wildman–Crippen LogP) is 2.17. The Hall–Kier alpha value is -3.68. The van der Waals surface area contributed by atoms with Gasteiger partial charge in [0, 0.05) is 0 Å². The molecule has 0 heterocycles. The highest BCUT2D eigenvalue weighted by atomic mass is 16.4. The van der Waals surface area contributed by atoms with E-state index >= 15 is 0 Å². The molecule has 0 bridgehead atoms. The van der Waals surface area contributed by atoms with Crippen LogP contribution >= 0.6 is 0 Å². The van der Waals surface area contributed by atoms with Crippen LogP contribution in [0.25, 0.3) is 11.1 Å². The summed E-state index contributed by atoms with van der Waals surface area (Å²) in [6, 6.07) is 10.3. The SMILES string of the molecule is Cc1cc(C(C(=O)O)C(=O)O)ccc1-c1ccc(C(C(=O)O)C(=O)O)cc1. The molecule has 27 heavy (non-hydrogen) atoms. The molecule has 4 N–H and O–H groups in total. The van der Waals surface area contributed by atoms with E-state index in [0.29, 0.717) is 16.7 Å². The van der Waals surface area contributed by atoms with Crippen molar-refractivity contribution in [3.05, 3.63) is 59.2 Å². The number of rotatable bonds is 7. The van der Waals surface area contributed by atoms with E-state index in [0.717, 1.165) is 0 Å². The van der Waals surface area contributed by atoms with Gasteiger partial charge >= 0.3 is 23.9 Å². The van der Waals surface area contributed by atoms with Crippen LogP contribution in [0.4, 0.5) is 0 Å². The number of carboxylic acids is 4. The van der Waals surface area contributed by atoms with Gasteiger partial charge in [-0.1, -0.05) is 42.5 Å². The van der Waals surface area contributed by atoms with Gasteiger partial charge in [-0.2, -0.15) is 0 Å². The summed E-state index contributed by atoms with van der Waals surface area (Å²) in [6.07, 6.45) is 0. The summed E-state index contributed by atoms with van der Waals surface area (Å²) >= 11 is 0. The summed E-state index contributed by atoms with van der Waals surface area (Å²) in [5.41, 5.74) is 2.21. The van der Waals surface area contributed by atoms with E-state index in [9.17, 15) is 19.2 Å². The molecule has 0 atom stereocenters. The summed E-state index contributed by atoms with van der Waals surface area (Å²) < 4.78 is 0. The Morgan fingerprint density at radius 1 is 0.667 bits per heavy atom. The average Bonchev–Trinajstić information content (AvgIpc) is 2.54. The maximum absolute atomic E-state index is 11.1. The van der Waals surface area contributed by atoms with Crippen LogP contribution in [0.3, 0.4) is 0 Å². The van der Waals surface area contributed by atoms with E-state index in [2.05, 4.69) is 0 Å². The Kier molecular flexibility index (Phi) is 5.60. The molecule has 0 aliphatic heterocycles. The summed E-state index contributed by atoms with van der Waals surface area (Å²) in [7, 11) is 0. The second-order valence-electron chi connectivity index (χ2n) is 5.92. The monoisotopic (exact) mass is 372 g/mol. The zero-order chi connectivity index (χ0) is 20.3. The van der Waals surface area contributed by atoms with Gasteiger partial charge in [-0.05, 0) is 34.7 Å². The molecule has 0 aliphatic carbocycles. The third kappa shape index (κ3) is 4.12. The van der Waals surface area contributed by atoms with Crippen molar-refractivity contribution in [2.24, 2.45) is 0 Å². The maximum atomic E-state index is 11.1. The number of benzene rings is 2. The highest BCUT2D eigenvalue weighted by Gasteiger charge is 2.29. The number of carbonyl (C=O) groups is 4. The number of aryl methyl sites for hydroxylation is 1. The molecule has 0 spiro atoms. The lowest BCUT2D eigenvalue weighted by atomic mass is 9.91. The molecule has 0 fully saturated rings. The Balaban J connectivity index is 2.39. The Bertz CT molecular complexity index is 886. The Morgan fingerprint density at radius 2 is 1.07 bits per heavy atom. The highest BCUT2D eigenvalue weighted by molar-refractivity contribution is 5.99. The second-order valence-corrected chi connectivity index (χ2v) is 5.92.